The molecule has 0 saturated heterocycles. The van der Waals surface area contributed by atoms with Gasteiger partial charge in [0.15, 0.2) is 0 Å². The minimum atomic E-state index is -0.236. The molecule has 0 aromatic heterocycles. The van der Waals surface area contributed by atoms with Crippen molar-refractivity contribution in [2.75, 3.05) is 13.2 Å². The molecule has 2 aromatic carbocycles. The molecule has 0 spiro atoms. The van der Waals surface area contributed by atoms with Crippen LogP contribution < -0.4 is 0 Å². The van der Waals surface area contributed by atoms with E-state index in [1.807, 2.05) is 12.1 Å². The second kappa shape index (κ2) is 6.64. The lowest BCUT2D eigenvalue weighted by Gasteiger charge is -2.22. The molecular weight excluding hydrogens is 310 g/mol. The fraction of sp³-hybridized carbons (Fsp3) is 0.318. The van der Waals surface area contributed by atoms with E-state index >= 15 is 0 Å². The van der Waals surface area contributed by atoms with Crippen LogP contribution in [0.4, 0.5) is 4.79 Å². The number of terminal acetylenes is 1. The number of hydrogen-bond donors (Lipinski definition) is 0. The summed E-state index contributed by atoms with van der Waals surface area (Å²) in [6, 6.07) is 17.0. The highest BCUT2D eigenvalue weighted by Crippen LogP contribution is 2.44. The van der Waals surface area contributed by atoms with Crippen molar-refractivity contribution in [1.82, 2.24) is 4.90 Å². The second-order valence-electron chi connectivity index (χ2n) is 6.68. The summed E-state index contributed by atoms with van der Waals surface area (Å²) in [5, 5.41) is 0. The van der Waals surface area contributed by atoms with Crippen LogP contribution in [0, 0.1) is 12.3 Å². The molecule has 2 aromatic rings. The van der Waals surface area contributed by atoms with E-state index in [0.717, 1.165) is 12.8 Å². The molecule has 2 aliphatic rings. The van der Waals surface area contributed by atoms with Gasteiger partial charge in [-0.3, -0.25) is 0 Å². The monoisotopic (exact) mass is 331 g/mol. The van der Waals surface area contributed by atoms with Crippen molar-refractivity contribution in [2.45, 2.75) is 31.2 Å². The summed E-state index contributed by atoms with van der Waals surface area (Å²) in [7, 11) is 0. The quantitative estimate of drug-likeness (QED) is 0.759. The predicted molar refractivity (Wildman–Crippen MR) is 98.2 cm³/mol. The molecule has 0 atom stereocenters. The number of fused-ring (bicyclic) bond motifs is 3. The predicted octanol–water partition coefficient (Wildman–Crippen LogP) is 4.42. The van der Waals surface area contributed by atoms with Crippen molar-refractivity contribution in [3.8, 4) is 23.5 Å². The van der Waals surface area contributed by atoms with Crippen molar-refractivity contribution in [3.05, 3.63) is 59.7 Å². The Morgan fingerprint density at radius 2 is 1.68 bits per heavy atom. The summed E-state index contributed by atoms with van der Waals surface area (Å²) in [4.78, 5) is 14.3. The minimum absolute atomic E-state index is 0.102. The van der Waals surface area contributed by atoms with Crippen LogP contribution in [0.1, 0.15) is 36.3 Å². The maximum Gasteiger partial charge on any atom is 0.410 e. The van der Waals surface area contributed by atoms with E-state index in [0.29, 0.717) is 25.6 Å². The van der Waals surface area contributed by atoms with Gasteiger partial charge in [0, 0.05) is 24.9 Å². The van der Waals surface area contributed by atoms with Crippen LogP contribution in [0.2, 0.25) is 0 Å². The Morgan fingerprint density at radius 1 is 1.08 bits per heavy atom. The van der Waals surface area contributed by atoms with Gasteiger partial charge in [0.2, 0.25) is 0 Å². The van der Waals surface area contributed by atoms with Crippen molar-refractivity contribution in [2.24, 2.45) is 0 Å². The van der Waals surface area contributed by atoms with E-state index in [2.05, 4.69) is 42.3 Å². The van der Waals surface area contributed by atoms with E-state index in [9.17, 15) is 4.79 Å². The van der Waals surface area contributed by atoms with E-state index in [4.69, 9.17) is 11.2 Å². The zero-order chi connectivity index (χ0) is 17.2. The van der Waals surface area contributed by atoms with Gasteiger partial charge in [-0.1, -0.05) is 48.5 Å². The third-order valence-corrected chi connectivity index (χ3v) is 5.06. The molecule has 1 saturated carbocycles. The fourth-order valence-electron chi connectivity index (χ4n) is 3.67. The molecule has 0 unspecified atom stereocenters. The van der Waals surface area contributed by atoms with Crippen LogP contribution >= 0.6 is 0 Å². The van der Waals surface area contributed by atoms with Crippen LogP contribution in [-0.4, -0.2) is 30.2 Å². The van der Waals surface area contributed by atoms with E-state index in [1.165, 1.54) is 22.3 Å². The van der Waals surface area contributed by atoms with Crippen molar-refractivity contribution in [3.63, 3.8) is 0 Å². The Labute approximate surface area is 148 Å². The maximum absolute atomic E-state index is 12.5. The molecule has 3 nitrogen and oxygen atoms in total. The Balaban J connectivity index is 1.51. The highest BCUT2D eigenvalue weighted by Gasteiger charge is 2.34. The normalized spacial score (nSPS) is 15.2. The number of hydrogen-bond acceptors (Lipinski definition) is 2. The molecule has 2 aliphatic carbocycles. The highest BCUT2D eigenvalue weighted by molar-refractivity contribution is 5.79. The minimum Gasteiger partial charge on any atom is -0.448 e. The number of amides is 1. The van der Waals surface area contributed by atoms with Crippen LogP contribution in [0.25, 0.3) is 11.1 Å². The number of ether oxygens (including phenoxy) is 1. The van der Waals surface area contributed by atoms with Gasteiger partial charge in [-0.25, -0.2) is 4.79 Å². The zero-order valence-electron chi connectivity index (χ0n) is 14.2. The first kappa shape index (κ1) is 15.8. The van der Waals surface area contributed by atoms with Gasteiger partial charge in [0.25, 0.3) is 0 Å². The SMILES string of the molecule is C#CCCN(C(=O)OCC1c2ccccc2-c2ccccc21)C1CC1. The number of rotatable bonds is 5. The third-order valence-electron chi connectivity index (χ3n) is 5.06. The van der Waals surface area contributed by atoms with E-state index in [-0.39, 0.29) is 12.0 Å². The van der Waals surface area contributed by atoms with Crippen molar-refractivity contribution in [1.29, 1.82) is 0 Å². The summed E-state index contributed by atoms with van der Waals surface area (Å²) in [5.74, 6) is 2.71. The average Bonchev–Trinajstić information content (AvgIpc) is 3.43. The summed E-state index contributed by atoms with van der Waals surface area (Å²) in [5.41, 5.74) is 4.95. The summed E-state index contributed by atoms with van der Waals surface area (Å²) in [6.45, 7) is 0.948. The molecule has 1 fully saturated rings. The van der Waals surface area contributed by atoms with Crippen LogP contribution in [0.5, 0.6) is 0 Å². The zero-order valence-corrected chi connectivity index (χ0v) is 14.2. The first-order valence-electron chi connectivity index (χ1n) is 8.84. The highest BCUT2D eigenvalue weighted by atomic mass is 16.6. The van der Waals surface area contributed by atoms with Gasteiger partial charge in [-0.15, -0.1) is 12.3 Å². The number of carbonyl (C=O) groups is 1. The van der Waals surface area contributed by atoms with Gasteiger partial charge in [0.1, 0.15) is 6.61 Å². The molecule has 0 radical (unpaired) electrons. The van der Waals surface area contributed by atoms with Crippen molar-refractivity contribution >= 4 is 6.09 Å². The molecule has 1 amide bonds. The largest absolute Gasteiger partial charge is 0.448 e. The first-order valence-corrected chi connectivity index (χ1v) is 8.84. The Kier molecular flexibility index (Phi) is 4.19. The van der Waals surface area contributed by atoms with Crippen LogP contribution in [0.15, 0.2) is 48.5 Å². The molecule has 0 aliphatic heterocycles. The number of carbonyl (C=O) groups excluding carboxylic acids is 1. The smallest absolute Gasteiger partial charge is 0.410 e. The molecule has 0 heterocycles. The van der Waals surface area contributed by atoms with Crippen LogP contribution in [-0.2, 0) is 4.74 Å². The molecule has 3 heteroatoms. The average molecular weight is 331 g/mol. The Hall–Kier alpha value is -2.73. The van der Waals surface area contributed by atoms with Gasteiger partial charge in [0.05, 0.1) is 0 Å². The van der Waals surface area contributed by atoms with E-state index in [1.54, 1.807) is 4.90 Å². The molecular formula is C22H21NO2. The van der Waals surface area contributed by atoms with Crippen molar-refractivity contribution < 1.29 is 9.53 Å². The number of nitrogens with zero attached hydrogens (tertiary/aromatic N) is 1. The molecule has 4 rings (SSSR count). The molecule has 126 valence electrons. The Morgan fingerprint density at radius 3 is 2.24 bits per heavy atom. The summed E-state index contributed by atoms with van der Waals surface area (Å²) >= 11 is 0. The summed E-state index contributed by atoms with van der Waals surface area (Å²) in [6.07, 6.45) is 7.78. The van der Waals surface area contributed by atoms with E-state index < -0.39 is 0 Å². The lowest BCUT2D eigenvalue weighted by atomic mass is 9.98. The lowest BCUT2D eigenvalue weighted by molar-refractivity contribution is 0.0979. The Bertz CT molecular complexity index is 786. The van der Waals surface area contributed by atoms with Gasteiger partial charge >= 0.3 is 6.09 Å². The van der Waals surface area contributed by atoms with Gasteiger partial charge < -0.3 is 9.64 Å². The topological polar surface area (TPSA) is 29.5 Å². The number of benzene rings is 2. The molecule has 0 bridgehead atoms. The molecule has 0 N–H and O–H groups in total. The maximum atomic E-state index is 12.5. The lowest BCUT2D eigenvalue weighted by Crippen LogP contribution is -2.35. The molecule has 25 heavy (non-hydrogen) atoms. The standard InChI is InChI=1S/C22H21NO2/c1-2-3-14-23(16-12-13-16)22(24)25-15-21-19-10-6-4-8-17(19)18-9-5-7-11-20(18)21/h1,4-11,16,21H,3,12-15H2. The fourth-order valence-corrected chi connectivity index (χ4v) is 3.67. The van der Waals surface area contributed by atoms with Gasteiger partial charge in [-0.2, -0.15) is 0 Å². The second-order valence-corrected chi connectivity index (χ2v) is 6.68. The van der Waals surface area contributed by atoms with Crippen LogP contribution in [0.3, 0.4) is 0 Å². The first-order chi connectivity index (χ1) is 12.3. The third kappa shape index (κ3) is 3.00. The summed E-state index contributed by atoms with van der Waals surface area (Å²) < 4.78 is 5.72. The van der Waals surface area contributed by atoms with Gasteiger partial charge in [-0.05, 0) is 35.1 Å².